The number of halogens is 1. The van der Waals surface area contributed by atoms with Gasteiger partial charge in [0, 0.05) is 45.8 Å². The minimum atomic E-state index is -0.488. The van der Waals surface area contributed by atoms with Gasteiger partial charge in [-0.1, -0.05) is 28.1 Å². The highest BCUT2D eigenvalue weighted by Gasteiger charge is 2.11. The molecule has 3 aromatic rings. The highest BCUT2D eigenvalue weighted by molar-refractivity contribution is 9.10. The van der Waals surface area contributed by atoms with E-state index in [0.717, 1.165) is 38.1 Å². The molecule has 0 fully saturated rings. The van der Waals surface area contributed by atoms with Gasteiger partial charge in [0.2, 0.25) is 0 Å². The number of ether oxygens (including phenoxy) is 1. The van der Waals surface area contributed by atoms with E-state index < -0.39 is 4.92 Å². The van der Waals surface area contributed by atoms with Crippen molar-refractivity contribution in [2.75, 3.05) is 19.4 Å². The number of fused-ring (bicyclic) bond motifs is 1. The van der Waals surface area contributed by atoms with Crippen LogP contribution in [-0.4, -0.2) is 30.2 Å². The molecule has 0 aliphatic carbocycles. The molecule has 0 aliphatic rings. The Morgan fingerprint density at radius 1 is 1.17 bits per heavy atom. The number of hydrogen-bond donors (Lipinski definition) is 1. The Labute approximate surface area is 180 Å². The van der Waals surface area contributed by atoms with E-state index in [4.69, 9.17) is 4.74 Å². The molecule has 0 saturated heterocycles. The van der Waals surface area contributed by atoms with Crippen molar-refractivity contribution in [2.45, 2.75) is 5.75 Å². The molecule has 6 nitrogen and oxygen atoms in total. The van der Waals surface area contributed by atoms with Crippen LogP contribution in [0.25, 0.3) is 10.8 Å². The number of benzene rings is 3. The van der Waals surface area contributed by atoms with E-state index in [1.807, 2.05) is 18.2 Å². The molecule has 0 bridgehead atoms. The van der Waals surface area contributed by atoms with Gasteiger partial charge in [0.05, 0.1) is 12.0 Å². The molecule has 1 amide bonds. The van der Waals surface area contributed by atoms with E-state index in [9.17, 15) is 14.9 Å². The maximum absolute atomic E-state index is 12.2. The molecule has 0 radical (unpaired) electrons. The van der Waals surface area contributed by atoms with Crippen LogP contribution in [0.5, 0.6) is 5.75 Å². The van der Waals surface area contributed by atoms with Crippen LogP contribution in [0.1, 0.15) is 15.9 Å². The van der Waals surface area contributed by atoms with Crippen molar-refractivity contribution in [3.8, 4) is 5.75 Å². The summed E-state index contributed by atoms with van der Waals surface area (Å²) in [5.41, 5.74) is 1.50. The second-order valence-corrected chi connectivity index (χ2v) is 8.25. The maximum Gasteiger partial charge on any atom is 0.269 e. The first-order chi connectivity index (χ1) is 14.0. The SMILES string of the molecule is COc1ccc2cc(Br)ccc2c1CSCCNC(=O)c1ccc([N+](=O)[O-])cc1. The van der Waals surface area contributed by atoms with E-state index in [-0.39, 0.29) is 11.6 Å². The predicted octanol–water partition coefficient (Wildman–Crippen LogP) is 5.18. The lowest BCUT2D eigenvalue weighted by molar-refractivity contribution is -0.384. The number of nitrogens with one attached hydrogen (secondary N) is 1. The number of thioether (sulfide) groups is 1. The molecular formula is C21H19BrN2O4S. The molecule has 8 heteroatoms. The molecule has 3 rings (SSSR count). The topological polar surface area (TPSA) is 81.5 Å². The zero-order valence-corrected chi connectivity index (χ0v) is 18.1. The molecule has 0 aliphatic heterocycles. The molecule has 0 unspecified atom stereocenters. The summed E-state index contributed by atoms with van der Waals surface area (Å²) >= 11 is 5.20. The maximum atomic E-state index is 12.2. The highest BCUT2D eigenvalue weighted by Crippen LogP contribution is 2.32. The molecule has 0 atom stereocenters. The minimum absolute atomic E-state index is 0.0341. The molecule has 150 valence electrons. The van der Waals surface area contributed by atoms with Crippen molar-refractivity contribution >= 4 is 50.1 Å². The smallest absolute Gasteiger partial charge is 0.269 e. The number of carbonyl (C=O) groups excluding carboxylic acids is 1. The number of rotatable bonds is 8. The standard InChI is InChI=1S/C21H19BrN2O4S/c1-28-20-9-4-15-12-16(22)5-8-18(15)19(20)13-29-11-10-23-21(25)14-2-6-17(7-3-14)24(26)27/h2-9,12H,10-11,13H2,1H3,(H,23,25). The number of hydrogen-bond acceptors (Lipinski definition) is 5. The van der Waals surface area contributed by atoms with E-state index in [1.165, 1.54) is 24.3 Å². The molecular weight excluding hydrogens is 456 g/mol. The summed E-state index contributed by atoms with van der Waals surface area (Å²) < 4.78 is 6.55. The first-order valence-corrected chi connectivity index (χ1v) is 10.8. The van der Waals surface area contributed by atoms with Crippen molar-refractivity contribution in [1.82, 2.24) is 5.32 Å². The van der Waals surface area contributed by atoms with Gasteiger partial charge in [-0.25, -0.2) is 0 Å². The molecule has 0 spiro atoms. The van der Waals surface area contributed by atoms with Gasteiger partial charge in [0.1, 0.15) is 5.75 Å². The Balaban J connectivity index is 1.55. The molecule has 3 aromatic carbocycles. The van der Waals surface area contributed by atoms with E-state index in [0.29, 0.717) is 12.1 Å². The third-order valence-electron chi connectivity index (χ3n) is 4.39. The third-order valence-corrected chi connectivity index (χ3v) is 5.87. The normalized spacial score (nSPS) is 10.7. The van der Waals surface area contributed by atoms with Crippen LogP contribution < -0.4 is 10.1 Å². The minimum Gasteiger partial charge on any atom is -0.496 e. The average Bonchev–Trinajstić information content (AvgIpc) is 2.73. The number of amides is 1. The largest absolute Gasteiger partial charge is 0.496 e. The summed E-state index contributed by atoms with van der Waals surface area (Å²) in [6, 6.07) is 15.8. The van der Waals surface area contributed by atoms with Crippen LogP contribution in [0.3, 0.4) is 0 Å². The second kappa shape index (κ2) is 9.76. The van der Waals surface area contributed by atoms with Crippen molar-refractivity contribution in [2.24, 2.45) is 0 Å². The number of nitrogens with zero attached hydrogens (tertiary/aromatic N) is 1. The monoisotopic (exact) mass is 474 g/mol. The summed E-state index contributed by atoms with van der Waals surface area (Å²) in [6.45, 7) is 0.499. The average molecular weight is 475 g/mol. The Hall–Kier alpha value is -2.58. The summed E-state index contributed by atoms with van der Waals surface area (Å²) in [5.74, 6) is 2.10. The van der Waals surface area contributed by atoms with Crippen molar-refractivity contribution in [3.63, 3.8) is 0 Å². The summed E-state index contributed by atoms with van der Waals surface area (Å²) in [4.78, 5) is 22.3. The predicted molar refractivity (Wildman–Crippen MR) is 120 cm³/mol. The third kappa shape index (κ3) is 5.27. The van der Waals surface area contributed by atoms with Crippen LogP contribution in [0.15, 0.2) is 59.1 Å². The van der Waals surface area contributed by atoms with Gasteiger partial charge in [-0.3, -0.25) is 14.9 Å². The lowest BCUT2D eigenvalue weighted by atomic mass is 10.0. The second-order valence-electron chi connectivity index (χ2n) is 6.22. The number of nitro groups is 1. The van der Waals surface area contributed by atoms with Crippen molar-refractivity contribution < 1.29 is 14.5 Å². The van der Waals surface area contributed by atoms with Crippen LogP contribution >= 0.6 is 27.7 Å². The lowest BCUT2D eigenvalue weighted by Crippen LogP contribution is -2.25. The van der Waals surface area contributed by atoms with Gasteiger partial charge in [0.15, 0.2) is 0 Å². The van der Waals surface area contributed by atoms with Gasteiger partial charge in [-0.15, -0.1) is 0 Å². The van der Waals surface area contributed by atoms with Gasteiger partial charge in [0.25, 0.3) is 11.6 Å². The summed E-state index contributed by atoms with van der Waals surface area (Å²) in [7, 11) is 1.67. The molecule has 1 N–H and O–H groups in total. The number of nitro benzene ring substituents is 1. The van der Waals surface area contributed by atoms with Crippen molar-refractivity contribution in [3.05, 3.63) is 80.3 Å². The van der Waals surface area contributed by atoms with Crippen LogP contribution in [-0.2, 0) is 5.75 Å². The zero-order chi connectivity index (χ0) is 20.8. The number of carbonyl (C=O) groups is 1. The quantitative estimate of drug-likeness (QED) is 0.276. The van der Waals surface area contributed by atoms with Gasteiger partial charge >= 0.3 is 0 Å². The highest BCUT2D eigenvalue weighted by atomic mass is 79.9. The van der Waals surface area contributed by atoms with E-state index in [2.05, 4.69) is 33.4 Å². The lowest BCUT2D eigenvalue weighted by Gasteiger charge is -2.12. The van der Waals surface area contributed by atoms with Crippen molar-refractivity contribution in [1.29, 1.82) is 0 Å². The fraction of sp³-hybridized carbons (Fsp3) is 0.190. The fourth-order valence-corrected chi connectivity index (χ4v) is 4.20. The zero-order valence-electron chi connectivity index (χ0n) is 15.7. The Morgan fingerprint density at radius 2 is 1.93 bits per heavy atom. The number of methoxy groups -OCH3 is 1. The van der Waals surface area contributed by atoms with Gasteiger partial charge in [-0.05, 0) is 41.1 Å². The molecule has 0 saturated carbocycles. The van der Waals surface area contributed by atoms with Crippen LogP contribution in [0, 0.1) is 10.1 Å². The van der Waals surface area contributed by atoms with E-state index in [1.54, 1.807) is 18.9 Å². The summed E-state index contributed by atoms with van der Waals surface area (Å²) in [5, 5.41) is 15.8. The van der Waals surface area contributed by atoms with Gasteiger partial charge < -0.3 is 10.1 Å². The number of non-ortho nitro benzene ring substituents is 1. The Kier molecular flexibility index (Phi) is 7.11. The first kappa shape index (κ1) is 21.1. The Morgan fingerprint density at radius 3 is 2.62 bits per heavy atom. The summed E-state index contributed by atoms with van der Waals surface area (Å²) in [6.07, 6.45) is 0. The Bertz CT molecular complexity index is 1040. The fourth-order valence-electron chi connectivity index (χ4n) is 2.93. The van der Waals surface area contributed by atoms with Gasteiger partial charge in [-0.2, -0.15) is 11.8 Å². The molecule has 0 heterocycles. The van der Waals surface area contributed by atoms with Crippen LogP contribution in [0.4, 0.5) is 5.69 Å². The molecule has 0 aromatic heterocycles. The first-order valence-electron chi connectivity index (χ1n) is 8.85. The van der Waals surface area contributed by atoms with E-state index >= 15 is 0 Å². The van der Waals surface area contributed by atoms with Crippen LogP contribution in [0.2, 0.25) is 0 Å². The molecule has 29 heavy (non-hydrogen) atoms.